The van der Waals surface area contributed by atoms with Gasteiger partial charge in [-0.2, -0.15) is 0 Å². The molecule has 0 spiro atoms. The molecule has 0 radical (unpaired) electrons. The van der Waals surface area contributed by atoms with Crippen LogP contribution in [0, 0.1) is 13.8 Å². The maximum absolute atomic E-state index is 6.42. The van der Waals surface area contributed by atoms with Gasteiger partial charge in [0.2, 0.25) is 0 Å². The van der Waals surface area contributed by atoms with Gasteiger partial charge in [0.15, 0.2) is 0 Å². The number of anilines is 1. The van der Waals surface area contributed by atoms with Crippen LogP contribution in [-0.2, 0) is 6.54 Å². The molecule has 0 fully saturated rings. The first-order valence-electron chi connectivity index (χ1n) is 6.59. The fourth-order valence-electron chi connectivity index (χ4n) is 2.34. The van der Waals surface area contributed by atoms with Gasteiger partial charge in [-0.15, -0.1) is 11.3 Å². The summed E-state index contributed by atoms with van der Waals surface area (Å²) in [5, 5.41) is 5.26. The van der Waals surface area contributed by atoms with Crippen molar-refractivity contribution in [1.29, 1.82) is 0 Å². The molecule has 3 rings (SSSR count). The Labute approximate surface area is 141 Å². The fourth-order valence-corrected chi connectivity index (χ4v) is 4.21. The van der Waals surface area contributed by atoms with E-state index < -0.39 is 0 Å². The first-order valence-corrected chi connectivity index (χ1v) is 8.57. The SMILES string of the molecule is Cc1sc(CNc2c(Cl)cc(C)c3ncccc23)cc1Br. The van der Waals surface area contributed by atoms with Crippen LogP contribution in [0.4, 0.5) is 5.69 Å². The van der Waals surface area contributed by atoms with Crippen molar-refractivity contribution in [2.24, 2.45) is 0 Å². The van der Waals surface area contributed by atoms with E-state index >= 15 is 0 Å². The third-order valence-corrected chi connectivity index (χ3v) is 5.81. The molecule has 1 aromatic carbocycles. The number of thiophene rings is 1. The molecule has 2 aromatic heterocycles. The van der Waals surface area contributed by atoms with Crippen molar-refractivity contribution in [3.05, 3.63) is 55.3 Å². The van der Waals surface area contributed by atoms with Gasteiger partial charge >= 0.3 is 0 Å². The molecular weight excluding hydrogens is 368 g/mol. The molecule has 0 aliphatic rings. The van der Waals surface area contributed by atoms with Crippen molar-refractivity contribution in [2.45, 2.75) is 20.4 Å². The van der Waals surface area contributed by atoms with E-state index in [-0.39, 0.29) is 0 Å². The third kappa shape index (κ3) is 2.93. The Kier molecular flexibility index (Phi) is 4.20. The molecule has 21 heavy (non-hydrogen) atoms. The number of benzene rings is 1. The van der Waals surface area contributed by atoms with Gasteiger partial charge in [-0.3, -0.25) is 4.98 Å². The van der Waals surface area contributed by atoms with Crippen LogP contribution in [0.5, 0.6) is 0 Å². The molecule has 2 heterocycles. The van der Waals surface area contributed by atoms with E-state index in [0.717, 1.165) is 38.2 Å². The number of aromatic nitrogens is 1. The smallest absolute Gasteiger partial charge is 0.0752 e. The van der Waals surface area contributed by atoms with Crippen molar-refractivity contribution < 1.29 is 0 Å². The minimum Gasteiger partial charge on any atom is -0.378 e. The first-order chi connectivity index (χ1) is 10.1. The van der Waals surface area contributed by atoms with Crippen molar-refractivity contribution in [3.8, 4) is 0 Å². The summed E-state index contributed by atoms with van der Waals surface area (Å²) in [6, 6.07) is 8.11. The van der Waals surface area contributed by atoms with Crippen LogP contribution in [-0.4, -0.2) is 4.98 Å². The lowest BCUT2D eigenvalue weighted by molar-refractivity contribution is 1.19. The Hall–Kier alpha value is -1.10. The number of nitrogens with one attached hydrogen (secondary N) is 1. The zero-order valence-corrected chi connectivity index (χ0v) is 14.9. The summed E-state index contributed by atoms with van der Waals surface area (Å²) < 4.78 is 1.16. The quantitative estimate of drug-likeness (QED) is 0.607. The molecule has 0 unspecified atom stereocenters. The van der Waals surface area contributed by atoms with Gasteiger partial charge in [0.25, 0.3) is 0 Å². The minimum atomic E-state index is 0.736. The predicted molar refractivity (Wildman–Crippen MR) is 95.6 cm³/mol. The molecule has 0 aliphatic carbocycles. The largest absolute Gasteiger partial charge is 0.378 e. The van der Waals surface area contributed by atoms with E-state index in [1.54, 1.807) is 11.3 Å². The second kappa shape index (κ2) is 5.95. The molecule has 0 saturated heterocycles. The topological polar surface area (TPSA) is 24.9 Å². The van der Waals surface area contributed by atoms with Gasteiger partial charge in [0, 0.05) is 32.4 Å². The molecule has 0 saturated carbocycles. The number of hydrogen-bond acceptors (Lipinski definition) is 3. The lowest BCUT2D eigenvalue weighted by atomic mass is 10.1. The monoisotopic (exact) mass is 380 g/mol. The normalized spacial score (nSPS) is 11.0. The first kappa shape index (κ1) is 14.8. The maximum Gasteiger partial charge on any atom is 0.0752 e. The molecule has 2 nitrogen and oxygen atoms in total. The van der Waals surface area contributed by atoms with Gasteiger partial charge in [-0.25, -0.2) is 0 Å². The van der Waals surface area contributed by atoms with Crippen LogP contribution in [0.15, 0.2) is 34.9 Å². The summed E-state index contributed by atoms with van der Waals surface area (Å²) in [4.78, 5) is 7.01. The highest BCUT2D eigenvalue weighted by Crippen LogP contribution is 2.34. The summed E-state index contributed by atoms with van der Waals surface area (Å²) in [5.74, 6) is 0. The zero-order valence-electron chi connectivity index (χ0n) is 11.7. The van der Waals surface area contributed by atoms with Crippen molar-refractivity contribution in [3.63, 3.8) is 0 Å². The Balaban J connectivity index is 1.97. The van der Waals surface area contributed by atoms with Crippen molar-refractivity contribution in [1.82, 2.24) is 4.98 Å². The highest BCUT2D eigenvalue weighted by molar-refractivity contribution is 9.10. The Bertz CT molecular complexity index is 794. The highest BCUT2D eigenvalue weighted by atomic mass is 79.9. The maximum atomic E-state index is 6.42. The Morgan fingerprint density at radius 3 is 2.86 bits per heavy atom. The number of nitrogens with zero attached hydrogens (tertiary/aromatic N) is 1. The van der Waals surface area contributed by atoms with Crippen LogP contribution >= 0.6 is 38.9 Å². The fraction of sp³-hybridized carbons (Fsp3) is 0.188. The summed E-state index contributed by atoms with van der Waals surface area (Å²) in [5.41, 5.74) is 3.04. The lowest BCUT2D eigenvalue weighted by Gasteiger charge is -2.12. The van der Waals surface area contributed by atoms with Crippen LogP contribution in [0.1, 0.15) is 15.3 Å². The molecule has 0 atom stereocenters. The second-order valence-electron chi connectivity index (χ2n) is 4.92. The standard InChI is InChI=1S/C16H14BrClN2S/c1-9-6-14(18)16(12-4-3-5-19-15(9)12)20-8-11-7-13(17)10(2)21-11/h3-7,20H,8H2,1-2H3. The number of aryl methyl sites for hydroxylation is 2. The molecule has 0 aliphatic heterocycles. The summed E-state index contributed by atoms with van der Waals surface area (Å²) in [7, 11) is 0. The number of fused-ring (bicyclic) bond motifs is 1. The molecule has 5 heteroatoms. The lowest BCUT2D eigenvalue weighted by Crippen LogP contribution is -2.00. The van der Waals surface area contributed by atoms with Crippen LogP contribution < -0.4 is 5.32 Å². The Morgan fingerprint density at radius 1 is 1.33 bits per heavy atom. The number of halogens is 2. The number of pyridine rings is 1. The summed E-state index contributed by atoms with van der Waals surface area (Å²) >= 11 is 11.7. The van der Waals surface area contributed by atoms with Gasteiger partial charge in [-0.05, 0) is 59.6 Å². The van der Waals surface area contributed by atoms with E-state index in [1.165, 1.54) is 9.75 Å². The Morgan fingerprint density at radius 2 is 2.14 bits per heavy atom. The molecule has 0 amide bonds. The zero-order chi connectivity index (χ0) is 15.0. The van der Waals surface area contributed by atoms with Crippen LogP contribution in [0.2, 0.25) is 5.02 Å². The van der Waals surface area contributed by atoms with Crippen LogP contribution in [0.3, 0.4) is 0 Å². The summed E-state index contributed by atoms with van der Waals surface area (Å²) in [6.07, 6.45) is 1.81. The molecule has 108 valence electrons. The highest BCUT2D eigenvalue weighted by Gasteiger charge is 2.10. The van der Waals surface area contributed by atoms with E-state index in [9.17, 15) is 0 Å². The second-order valence-corrected chi connectivity index (χ2v) is 7.52. The predicted octanol–water partition coefficient (Wildman–Crippen LogP) is 5.94. The van der Waals surface area contributed by atoms with Gasteiger partial charge < -0.3 is 5.32 Å². The molecule has 0 bridgehead atoms. The molecular formula is C16H14BrClN2S. The van der Waals surface area contributed by atoms with E-state index in [1.807, 2.05) is 25.3 Å². The average Bonchev–Trinajstić information content (AvgIpc) is 2.77. The minimum absolute atomic E-state index is 0.736. The van der Waals surface area contributed by atoms with E-state index in [4.69, 9.17) is 11.6 Å². The van der Waals surface area contributed by atoms with Crippen molar-refractivity contribution >= 4 is 55.5 Å². The summed E-state index contributed by atoms with van der Waals surface area (Å²) in [6.45, 7) is 4.89. The number of hydrogen-bond donors (Lipinski definition) is 1. The van der Waals surface area contributed by atoms with E-state index in [2.05, 4.69) is 45.3 Å². The van der Waals surface area contributed by atoms with E-state index in [0.29, 0.717) is 0 Å². The number of rotatable bonds is 3. The molecule has 3 aromatic rings. The third-order valence-electron chi connectivity index (χ3n) is 3.38. The van der Waals surface area contributed by atoms with Gasteiger partial charge in [0.05, 0.1) is 16.2 Å². The van der Waals surface area contributed by atoms with Gasteiger partial charge in [-0.1, -0.05) is 11.6 Å². The molecule has 1 N–H and O–H groups in total. The average molecular weight is 382 g/mol. The van der Waals surface area contributed by atoms with Crippen molar-refractivity contribution in [2.75, 3.05) is 5.32 Å². The van der Waals surface area contributed by atoms with Crippen LogP contribution in [0.25, 0.3) is 10.9 Å². The van der Waals surface area contributed by atoms with Gasteiger partial charge in [0.1, 0.15) is 0 Å².